The van der Waals surface area contributed by atoms with Crippen LogP contribution in [0.5, 0.6) is 0 Å². The number of allylic oxidation sites excluding steroid dienone is 2. The molecule has 346 valence electrons. The SMILES string of the molecule is C=Cc1c(C)c2cc3nc(c4c5nc(cc6[nH]c(cc1[nH]2)c(C)c6CC)C(C)=C5C(O)C4C(=O)OC)[C@@H](CCC(=O)OC/C=C(\C)CCC[C@H](C)CCC[C@H](C)CCCC(C)C)[C@@H]3C. The van der Waals surface area contributed by atoms with E-state index in [1.807, 2.05) is 25.1 Å². The molecule has 2 unspecified atom stereocenters. The van der Waals surface area contributed by atoms with Gasteiger partial charge in [0.15, 0.2) is 0 Å². The van der Waals surface area contributed by atoms with Crippen LogP contribution in [0.2, 0.25) is 0 Å². The van der Waals surface area contributed by atoms with E-state index in [0.717, 1.165) is 92.7 Å². The number of rotatable bonds is 20. The van der Waals surface area contributed by atoms with Gasteiger partial charge in [-0.1, -0.05) is 105 Å². The quantitative estimate of drug-likeness (QED) is 0.0761. The van der Waals surface area contributed by atoms with E-state index in [1.165, 1.54) is 63.2 Å². The summed E-state index contributed by atoms with van der Waals surface area (Å²) in [5.74, 6) is 0.125. The molecule has 1 aliphatic carbocycles. The molecule has 0 amide bonds. The second kappa shape index (κ2) is 21.5. The normalized spacial score (nSPS) is 19.4. The largest absolute Gasteiger partial charge is 0.468 e. The van der Waals surface area contributed by atoms with Gasteiger partial charge in [-0.3, -0.25) is 14.6 Å². The zero-order chi connectivity index (χ0) is 46.4. The van der Waals surface area contributed by atoms with Crippen LogP contribution in [0.4, 0.5) is 0 Å². The smallest absolute Gasteiger partial charge is 0.316 e. The van der Waals surface area contributed by atoms with Crippen molar-refractivity contribution in [2.45, 2.75) is 170 Å². The molecule has 8 bridgehead atoms. The van der Waals surface area contributed by atoms with Gasteiger partial charge in [-0.05, 0) is 118 Å². The molecule has 6 atom stereocenters. The summed E-state index contributed by atoms with van der Waals surface area (Å²) in [6, 6.07) is 6.27. The third kappa shape index (κ3) is 10.7. The number of fused-ring (bicyclic) bond motifs is 8. The van der Waals surface area contributed by atoms with Gasteiger partial charge in [0.25, 0.3) is 0 Å². The summed E-state index contributed by atoms with van der Waals surface area (Å²) in [5, 5.41) is 12.0. The number of aliphatic hydroxyl groups is 1. The molecule has 64 heavy (non-hydrogen) atoms. The van der Waals surface area contributed by atoms with E-state index < -0.39 is 18.0 Å². The average molecular weight is 873 g/mol. The fraction of sp³-hybridized carbons (Fsp3) is 0.564. The first-order valence-electron chi connectivity index (χ1n) is 24.3. The first kappa shape index (κ1) is 48.7. The van der Waals surface area contributed by atoms with E-state index in [1.54, 1.807) is 0 Å². The molecule has 6 rings (SSSR count). The second-order valence-corrected chi connectivity index (χ2v) is 19.7. The number of ether oxygens (including phenoxy) is 2. The van der Waals surface area contributed by atoms with Crippen LogP contribution in [-0.2, 0) is 25.5 Å². The third-order valence-corrected chi connectivity index (χ3v) is 14.6. The number of carbonyl (C=O) groups is 2. The predicted molar refractivity (Wildman–Crippen MR) is 263 cm³/mol. The minimum absolute atomic E-state index is 0.127. The van der Waals surface area contributed by atoms with Crippen molar-refractivity contribution in [1.29, 1.82) is 0 Å². The van der Waals surface area contributed by atoms with E-state index in [4.69, 9.17) is 19.4 Å². The fourth-order valence-electron chi connectivity index (χ4n) is 10.4. The Hall–Kier alpha value is -4.76. The highest BCUT2D eigenvalue weighted by atomic mass is 16.5. The van der Waals surface area contributed by atoms with E-state index in [0.29, 0.717) is 28.9 Å². The Kier molecular flexibility index (Phi) is 16.3. The number of aliphatic hydroxyl groups excluding tert-OH is 1. The Labute approximate surface area is 382 Å². The van der Waals surface area contributed by atoms with Gasteiger partial charge in [-0.15, -0.1) is 0 Å². The average Bonchev–Trinajstić information content (AvgIpc) is 3.99. The minimum Gasteiger partial charge on any atom is -0.468 e. The first-order chi connectivity index (χ1) is 30.6. The molecular weight excluding hydrogens is 797 g/mol. The minimum atomic E-state index is -1.16. The summed E-state index contributed by atoms with van der Waals surface area (Å²) in [4.78, 5) is 44.9. The van der Waals surface area contributed by atoms with Crippen LogP contribution in [0.25, 0.3) is 39.3 Å². The van der Waals surface area contributed by atoms with Gasteiger partial charge in [-0.2, -0.15) is 0 Å². The standard InChI is InChI=1S/C55H76N4O5/c1-13-39-35(8)42-28-44-37(10)41(24-25-48(60)64-27-26-34(7)23-17-22-33(6)21-16-20-32(5)19-15-18-31(3)4)52(58-44)50-51(55(62)63-12)54(61)49-38(11)45(59-53(49)50)30-47-40(14-2)36(9)43(57-47)29-46(39)56-42/h13,26,28-33,37,41,51,54,56-57,61H,1,14-25,27H2,2-12H3/b34-26+,42-28?,43-29?,44-28?,45-30?,46-29?,47-30?,52-50?/t32-,33-,37+,41+,51?,54?/m1/s1. The van der Waals surface area contributed by atoms with E-state index in [2.05, 4.69) is 91.0 Å². The lowest BCUT2D eigenvalue weighted by molar-refractivity contribution is -0.144. The molecule has 3 aromatic heterocycles. The van der Waals surface area contributed by atoms with Crippen molar-refractivity contribution in [3.8, 4) is 0 Å². The molecule has 0 fully saturated rings. The second-order valence-electron chi connectivity index (χ2n) is 19.7. The van der Waals surface area contributed by atoms with Gasteiger partial charge >= 0.3 is 11.9 Å². The summed E-state index contributed by atoms with van der Waals surface area (Å²) in [6.45, 7) is 26.4. The van der Waals surface area contributed by atoms with Crippen LogP contribution in [0.3, 0.4) is 0 Å². The van der Waals surface area contributed by atoms with Crippen molar-refractivity contribution < 1.29 is 24.2 Å². The Morgan fingerprint density at radius 2 is 1.53 bits per heavy atom. The van der Waals surface area contributed by atoms with Crippen LogP contribution >= 0.6 is 0 Å². The summed E-state index contributed by atoms with van der Waals surface area (Å²) in [6.07, 6.45) is 15.5. The monoisotopic (exact) mass is 873 g/mol. The molecule has 2 aliphatic heterocycles. The summed E-state index contributed by atoms with van der Waals surface area (Å²) < 4.78 is 11.1. The van der Waals surface area contributed by atoms with E-state index in [9.17, 15) is 14.7 Å². The number of esters is 2. The Bertz CT molecular complexity index is 2430. The zero-order valence-electron chi connectivity index (χ0n) is 40.8. The Balaban J connectivity index is 1.23. The van der Waals surface area contributed by atoms with E-state index >= 15 is 0 Å². The lowest BCUT2D eigenvalue weighted by Crippen LogP contribution is -2.24. The molecule has 0 saturated heterocycles. The fourth-order valence-corrected chi connectivity index (χ4v) is 10.4. The summed E-state index contributed by atoms with van der Waals surface area (Å²) >= 11 is 0. The summed E-state index contributed by atoms with van der Waals surface area (Å²) in [5.41, 5.74) is 14.2. The number of aromatic amines is 2. The van der Waals surface area contributed by atoms with Crippen LogP contribution < -0.4 is 0 Å². The van der Waals surface area contributed by atoms with Gasteiger partial charge in [0, 0.05) is 62.7 Å². The molecule has 5 heterocycles. The molecule has 0 spiro atoms. The molecule has 0 aromatic carbocycles. The van der Waals surface area contributed by atoms with Crippen LogP contribution in [0.1, 0.15) is 194 Å². The number of H-pyrrole nitrogens is 2. The summed E-state index contributed by atoms with van der Waals surface area (Å²) in [7, 11) is 1.35. The third-order valence-electron chi connectivity index (χ3n) is 14.6. The highest BCUT2D eigenvalue weighted by Crippen LogP contribution is 2.52. The maximum atomic E-state index is 13.7. The lowest BCUT2D eigenvalue weighted by atomic mass is 9.84. The van der Waals surface area contributed by atoms with Crippen molar-refractivity contribution in [2.75, 3.05) is 13.7 Å². The molecule has 3 aliphatic rings. The van der Waals surface area contributed by atoms with Crippen molar-refractivity contribution in [1.82, 2.24) is 19.9 Å². The Morgan fingerprint density at radius 3 is 2.19 bits per heavy atom. The molecule has 3 aromatic rings. The maximum absolute atomic E-state index is 13.7. The van der Waals surface area contributed by atoms with Crippen molar-refractivity contribution in [2.24, 2.45) is 17.8 Å². The maximum Gasteiger partial charge on any atom is 0.316 e. The van der Waals surface area contributed by atoms with Crippen molar-refractivity contribution in [3.05, 3.63) is 87.0 Å². The molecule has 9 heteroatoms. The number of carbonyl (C=O) groups excluding carboxylic acids is 2. The highest BCUT2D eigenvalue weighted by Gasteiger charge is 2.48. The number of hydrogen-bond donors (Lipinski definition) is 3. The van der Waals surface area contributed by atoms with Gasteiger partial charge in [0.1, 0.15) is 12.5 Å². The number of aryl methyl sites for hydroxylation is 3. The van der Waals surface area contributed by atoms with Crippen molar-refractivity contribution >= 4 is 51.2 Å². The van der Waals surface area contributed by atoms with Gasteiger partial charge in [0.05, 0.1) is 30.3 Å². The molecule has 0 radical (unpaired) electrons. The molecule has 0 saturated carbocycles. The highest BCUT2D eigenvalue weighted by molar-refractivity contribution is 6.02. The Morgan fingerprint density at radius 1 is 0.875 bits per heavy atom. The van der Waals surface area contributed by atoms with Crippen LogP contribution in [-0.4, -0.2) is 56.8 Å². The van der Waals surface area contributed by atoms with Crippen LogP contribution in [0, 0.1) is 31.6 Å². The number of methoxy groups -OCH3 is 1. The van der Waals surface area contributed by atoms with Gasteiger partial charge in [-0.25, -0.2) is 4.98 Å². The lowest BCUT2D eigenvalue weighted by Gasteiger charge is -2.20. The van der Waals surface area contributed by atoms with Crippen LogP contribution in [0.15, 0.2) is 36.4 Å². The van der Waals surface area contributed by atoms with Crippen molar-refractivity contribution in [3.63, 3.8) is 0 Å². The molecular formula is C55H76N4O5. The van der Waals surface area contributed by atoms with Gasteiger partial charge < -0.3 is 24.5 Å². The zero-order valence-corrected chi connectivity index (χ0v) is 40.8. The molecule has 3 N–H and O–H groups in total. The van der Waals surface area contributed by atoms with Gasteiger partial charge in [0.2, 0.25) is 0 Å². The number of hydrogen-bond acceptors (Lipinski definition) is 7. The first-order valence-corrected chi connectivity index (χ1v) is 24.3. The number of nitrogens with one attached hydrogen (secondary N) is 2. The number of aromatic nitrogens is 4. The molecule has 9 nitrogen and oxygen atoms in total. The topological polar surface area (TPSA) is 130 Å². The predicted octanol–water partition coefficient (Wildman–Crippen LogP) is 13.3. The van der Waals surface area contributed by atoms with E-state index in [-0.39, 0.29) is 30.8 Å². The number of nitrogens with zero attached hydrogens (tertiary/aromatic N) is 2.